The van der Waals surface area contributed by atoms with E-state index in [1.807, 2.05) is 30.3 Å². The van der Waals surface area contributed by atoms with Crippen molar-refractivity contribution in [2.75, 3.05) is 5.32 Å². The molecule has 0 radical (unpaired) electrons. The van der Waals surface area contributed by atoms with Crippen LogP contribution in [0.1, 0.15) is 46.0 Å². The summed E-state index contributed by atoms with van der Waals surface area (Å²) in [4.78, 5) is 0. The van der Waals surface area contributed by atoms with Crippen molar-refractivity contribution in [3.63, 3.8) is 0 Å². The van der Waals surface area contributed by atoms with Crippen LogP contribution in [0.2, 0.25) is 0 Å². The number of benzene rings is 1. The Morgan fingerprint density at radius 2 is 1.88 bits per heavy atom. The lowest BCUT2D eigenvalue weighted by Crippen LogP contribution is -2.35. The number of nitrogens with zero attached hydrogens (tertiary/aromatic N) is 1. The topological polar surface area (TPSA) is 35.8 Å². The Hall–Kier alpha value is -1.49. The van der Waals surface area contributed by atoms with Crippen molar-refractivity contribution in [3.8, 4) is 6.07 Å². The van der Waals surface area contributed by atoms with Gasteiger partial charge in [0.05, 0.1) is 6.07 Å². The number of para-hydroxylation sites is 1. The molecule has 0 saturated heterocycles. The van der Waals surface area contributed by atoms with Crippen LogP contribution in [0.25, 0.3) is 0 Å². The molecule has 0 bridgehead atoms. The van der Waals surface area contributed by atoms with Crippen LogP contribution < -0.4 is 5.32 Å². The van der Waals surface area contributed by atoms with Gasteiger partial charge in [0.1, 0.15) is 5.54 Å². The number of nitriles is 1. The summed E-state index contributed by atoms with van der Waals surface area (Å²) in [6.07, 6.45) is 5.25. The third-order valence-electron chi connectivity index (χ3n) is 3.18. The van der Waals surface area contributed by atoms with E-state index in [4.69, 9.17) is 0 Å². The standard InChI is InChI=1S/C15H22N2/c1-3-5-9-12-15(4-2,13-16)17-14-10-7-6-8-11-14/h6-8,10-11,17H,3-5,9,12H2,1-2H3. The van der Waals surface area contributed by atoms with Gasteiger partial charge in [0.2, 0.25) is 0 Å². The average molecular weight is 230 g/mol. The van der Waals surface area contributed by atoms with Gasteiger partial charge in [-0.2, -0.15) is 5.26 Å². The van der Waals surface area contributed by atoms with Crippen LogP contribution in [-0.4, -0.2) is 5.54 Å². The molecular formula is C15H22N2. The van der Waals surface area contributed by atoms with Crippen molar-refractivity contribution in [1.29, 1.82) is 5.26 Å². The molecule has 0 spiro atoms. The van der Waals surface area contributed by atoms with Crippen molar-refractivity contribution < 1.29 is 0 Å². The second kappa shape index (κ2) is 6.96. The summed E-state index contributed by atoms with van der Waals surface area (Å²) in [7, 11) is 0. The highest BCUT2D eigenvalue weighted by Gasteiger charge is 2.26. The smallest absolute Gasteiger partial charge is 0.125 e. The minimum Gasteiger partial charge on any atom is -0.367 e. The first-order valence-electron chi connectivity index (χ1n) is 6.51. The summed E-state index contributed by atoms with van der Waals surface area (Å²) < 4.78 is 0. The maximum Gasteiger partial charge on any atom is 0.125 e. The molecule has 0 amide bonds. The zero-order valence-corrected chi connectivity index (χ0v) is 10.9. The highest BCUT2D eigenvalue weighted by atomic mass is 15.0. The van der Waals surface area contributed by atoms with Gasteiger partial charge in [0.15, 0.2) is 0 Å². The molecule has 2 nitrogen and oxygen atoms in total. The number of nitrogens with one attached hydrogen (secondary N) is 1. The lowest BCUT2D eigenvalue weighted by molar-refractivity contribution is 0.488. The third kappa shape index (κ3) is 4.11. The Morgan fingerprint density at radius 1 is 1.18 bits per heavy atom. The zero-order chi connectivity index (χ0) is 12.6. The normalized spacial score (nSPS) is 13.7. The SMILES string of the molecule is CCCCCC(C#N)(CC)Nc1ccccc1. The van der Waals surface area contributed by atoms with E-state index >= 15 is 0 Å². The summed E-state index contributed by atoms with van der Waals surface area (Å²) in [5.41, 5.74) is 0.628. The van der Waals surface area contributed by atoms with Crippen molar-refractivity contribution in [3.05, 3.63) is 30.3 Å². The first-order chi connectivity index (χ1) is 8.26. The molecule has 0 aliphatic carbocycles. The second-order valence-corrected chi connectivity index (χ2v) is 4.50. The molecule has 1 unspecified atom stereocenters. The molecule has 1 rings (SSSR count). The molecule has 1 atom stereocenters. The van der Waals surface area contributed by atoms with E-state index < -0.39 is 5.54 Å². The molecule has 0 aliphatic heterocycles. The molecule has 1 N–H and O–H groups in total. The lowest BCUT2D eigenvalue weighted by atomic mass is 9.90. The van der Waals surface area contributed by atoms with Gasteiger partial charge >= 0.3 is 0 Å². The molecule has 1 aromatic carbocycles. The predicted molar refractivity (Wildman–Crippen MR) is 72.8 cm³/mol. The number of rotatable bonds is 7. The van der Waals surface area contributed by atoms with Crippen molar-refractivity contribution in [2.24, 2.45) is 0 Å². The fourth-order valence-corrected chi connectivity index (χ4v) is 1.97. The minimum absolute atomic E-state index is 0.406. The Bertz CT molecular complexity index is 353. The number of hydrogen-bond acceptors (Lipinski definition) is 2. The maximum absolute atomic E-state index is 9.42. The molecular weight excluding hydrogens is 208 g/mol. The van der Waals surface area contributed by atoms with E-state index in [2.05, 4.69) is 25.2 Å². The minimum atomic E-state index is -0.406. The van der Waals surface area contributed by atoms with Gasteiger partial charge in [-0.1, -0.05) is 51.3 Å². The molecule has 0 aromatic heterocycles. The Kier molecular flexibility index (Phi) is 5.56. The van der Waals surface area contributed by atoms with E-state index in [-0.39, 0.29) is 0 Å². The molecule has 0 heterocycles. The van der Waals surface area contributed by atoms with E-state index in [9.17, 15) is 5.26 Å². The molecule has 0 aliphatic rings. The van der Waals surface area contributed by atoms with Crippen LogP contribution in [0.4, 0.5) is 5.69 Å². The van der Waals surface area contributed by atoms with E-state index in [1.165, 1.54) is 12.8 Å². The van der Waals surface area contributed by atoms with Crippen molar-refractivity contribution in [1.82, 2.24) is 0 Å². The number of unbranched alkanes of at least 4 members (excludes halogenated alkanes) is 2. The largest absolute Gasteiger partial charge is 0.367 e. The molecule has 2 heteroatoms. The zero-order valence-electron chi connectivity index (χ0n) is 10.9. The van der Waals surface area contributed by atoms with E-state index in [0.717, 1.165) is 24.9 Å². The Labute approximate surface area is 105 Å². The average Bonchev–Trinajstić information content (AvgIpc) is 2.39. The Balaban J connectivity index is 2.68. The quantitative estimate of drug-likeness (QED) is 0.707. The monoisotopic (exact) mass is 230 g/mol. The van der Waals surface area contributed by atoms with Gasteiger partial charge in [-0.25, -0.2) is 0 Å². The molecule has 17 heavy (non-hydrogen) atoms. The second-order valence-electron chi connectivity index (χ2n) is 4.50. The molecule has 1 aromatic rings. The van der Waals surface area contributed by atoms with Crippen LogP contribution in [0.15, 0.2) is 30.3 Å². The van der Waals surface area contributed by atoms with Gasteiger partial charge in [-0.15, -0.1) is 0 Å². The van der Waals surface area contributed by atoms with Gasteiger partial charge in [-0.3, -0.25) is 0 Å². The lowest BCUT2D eigenvalue weighted by Gasteiger charge is -2.27. The van der Waals surface area contributed by atoms with E-state index in [1.54, 1.807) is 0 Å². The fraction of sp³-hybridized carbons (Fsp3) is 0.533. The van der Waals surface area contributed by atoms with E-state index in [0.29, 0.717) is 0 Å². The highest BCUT2D eigenvalue weighted by Crippen LogP contribution is 2.24. The summed E-state index contributed by atoms with van der Waals surface area (Å²) in [6.45, 7) is 4.26. The Morgan fingerprint density at radius 3 is 2.41 bits per heavy atom. The summed E-state index contributed by atoms with van der Waals surface area (Å²) >= 11 is 0. The predicted octanol–water partition coefficient (Wildman–Crippen LogP) is 4.35. The van der Waals surface area contributed by atoms with Gasteiger partial charge in [0, 0.05) is 5.69 Å². The van der Waals surface area contributed by atoms with Crippen LogP contribution in [0.3, 0.4) is 0 Å². The van der Waals surface area contributed by atoms with Gasteiger partial charge in [-0.05, 0) is 25.0 Å². The van der Waals surface area contributed by atoms with Gasteiger partial charge in [0.25, 0.3) is 0 Å². The van der Waals surface area contributed by atoms with Crippen LogP contribution in [0, 0.1) is 11.3 Å². The molecule has 92 valence electrons. The van der Waals surface area contributed by atoms with Gasteiger partial charge < -0.3 is 5.32 Å². The first kappa shape index (κ1) is 13.6. The first-order valence-corrected chi connectivity index (χ1v) is 6.51. The molecule has 0 fully saturated rings. The summed E-state index contributed by atoms with van der Waals surface area (Å²) in [6, 6.07) is 12.5. The van der Waals surface area contributed by atoms with Crippen LogP contribution >= 0.6 is 0 Å². The third-order valence-corrected chi connectivity index (χ3v) is 3.18. The molecule has 0 saturated carbocycles. The fourth-order valence-electron chi connectivity index (χ4n) is 1.97. The highest BCUT2D eigenvalue weighted by molar-refractivity contribution is 5.47. The summed E-state index contributed by atoms with van der Waals surface area (Å²) in [5.74, 6) is 0. The maximum atomic E-state index is 9.42. The van der Waals surface area contributed by atoms with Crippen molar-refractivity contribution >= 4 is 5.69 Å². The number of anilines is 1. The number of hydrogen-bond donors (Lipinski definition) is 1. The van der Waals surface area contributed by atoms with Crippen LogP contribution in [0.5, 0.6) is 0 Å². The summed E-state index contributed by atoms with van der Waals surface area (Å²) in [5, 5.41) is 12.8. The van der Waals surface area contributed by atoms with Crippen molar-refractivity contribution in [2.45, 2.75) is 51.5 Å². The van der Waals surface area contributed by atoms with Crippen LogP contribution in [-0.2, 0) is 0 Å².